The fourth-order valence-electron chi connectivity index (χ4n) is 6.34. The van der Waals surface area contributed by atoms with Crippen LogP contribution in [0.5, 0.6) is 0 Å². The van der Waals surface area contributed by atoms with Gasteiger partial charge in [-0.25, -0.2) is 4.79 Å². The van der Waals surface area contributed by atoms with Crippen LogP contribution in [0.4, 0.5) is 10.5 Å². The molecule has 3 N–H and O–H groups in total. The molecule has 2 unspecified atom stereocenters. The van der Waals surface area contributed by atoms with Gasteiger partial charge in [-0.15, -0.1) is 0 Å². The second-order valence-corrected chi connectivity index (χ2v) is 12.0. The molecule has 3 aliphatic rings. The molecule has 3 fully saturated rings. The number of para-hydroxylation sites is 1. The molecule has 5 rings (SSSR count). The number of nitrogens with zero attached hydrogens (tertiary/aromatic N) is 3. The molecule has 232 valence electrons. The topological polar surface area (TPSA) is 106 Å². The van der Waals surface area contributed by atoms with Crippen LogP contribution in [0.15, 0.2) is 54.6 Å². The Kier molecular flexibility index (Phi) is 11.5. The molecule has 0 saturated carbocycles. The first-order valence-electron chi connectivity index (χ1n) is 15.8. The Morgan fingerprint density at radius 2 is 1.63 bits per heavy atom. The third kappa shape index (κ3) is 9.34. The van der Waals surface area contributed by atoms with Crippen LogP contribution in [0.2, 0.25) is 0 Å². The predicted molar refractivity (Wildman–Crippen MR) is 168 cm³/mol. The number of Topliss-reactive ketones (excluding diaryl/α,β-unsaturated/α-hetero) is 1. The SMILES string of the molecule is O=CN1CCN(CC2CCC(C(=O)CNCCN3CCC(OC(=O)Nc4ccccc4-c4ccccc4)CC3)NC2)CC1. The summed E-state index contributed by atoms with van der Waals surface area (Å²) in [6.45, 7) is 9.15. The number of carbonyl (C=O) groups excluding carboxylic acids is 3. The third-order valence-corrected chi connectivity index (χ3v) is 8.94. The van der Waals surface area contributed by atoms with Gasteiger partial charge in [-0.05, 0) is 49.8 Å². The van der Waals surface area contributed by atoms with Crippen LogP contribution in [0, 0.1) is 5.92 Å². The lowest BCUT2D eigenvalue weighted by Gasteiger charge is -2.37. The van der Waals surface area contributed by atoms with Gasteiger partial charge in [-0.3, -0.25) is 19.8 Å². The molecule has 3 aliphatic heterocycles. The van der Waals surface area contributed by atoms with E-state index in [2.05, 4.69) is 25.8 Å². The number of hydrogen-bond donors (Lipinski definition) is 3. The summed E-state index contributed by atoms with van der Waals surface area (Å²) >= 11 is 0. The van der Waals surface area contributed by atoms with E-state index in [0.29, 0.717) is 12.5 Å². The van der Waals surface area contributed by atoms with Crippen molar-refractivity contribution in [2.45, 2.75) is 37.8 Å². The number of hydrogen-bond acceptors (Lipinski definition) is 8. The molecule has 3 heterocycles. The van der Waals surface area contributed by atoms with E-state index in [1.807, 2.05) is 59.5 Å². The van der Waals surface area contributed by atoms with E-state index in [0.717, 1.165) is 114 Å². The molecule has 2 aromatic carbocycles. The smallest absolute Gasteiger partial charge is 0.411 e. The third-order valence-electron chi connectivity index (χ3n) is 8.94. The fraction of sp³-hybridized carbons (Fsp3) is 0.545. The van der Waals surface area contributed by atoms with Crippen LogP contribution in [-0.4, -0.2) is 117 Å². The highest BCUT2D eigenvalue weighted by Gasteiger charge is 2.28. The average Bonchev–Trinajstić information content (AvgIpc) is 3.05. The van der Waals surface area contributed by atoms with Crippen LogP contribution in [-0.2, 0) is 14.3 Å². The van der Waals surface area contributed by atoms with Crippen molar-refractivity contribution in [3.8, 4) is 11.1 Å². The summed E-state index contributed by atoms with van der Waals surface area (Å²) in [6.07, 6.45) is 3.97. The van der Waals surface area contributed by atoms with Gasteiger partial charge in [0, 0.05) is 64.5 Å². The number of ether oxygens (including phenoxy) is 1. The number of carbonyl (C=O) groups is 3. The number of nitrogens with one attached hydrogen (secondary N) is 3. The second-order valence-electron chi connectivity index (χ2n) is 12.0. The predicted octanol–water partition coefficient (Wildman–Crippen LogP) is 2.67. The maximum Gasteiger partial charge on any atom is 0.411 e. The summed E-state index contributed by atoms with van der Waals surface area (Å²) in [6, 6.07) is 17.7. The van der Waals surface area contributed by atoms with Crippen molar-refractivity contribution >= 4 is 24.0 Å². The molecule has 43 heavy (non-hydrogen) atoms. The highest BCUT2D eigenvalue weighted by Crippen LogP contribution is 2.28. The van der Waals surface area contributed by atoms with Crippen LogP contribution < -0.4 is 16.0 Å². The minimum atomic E-state index is -0.415. The Bertz CT molecular complexity index is 1170. The van der Waals surface area contributed by atoms with Gasteiger partial charge < -0.3 is 25.2 Å². The Morgan fingerprint density at radius 1 is 0.884 bits per heavy atom. The van der Waals surface area contributed by atoms with Crippen molar-refractivity contribution in [2.24, 2.45) is 5.92 Å². The molecule has 2 aromatic rings. The monoisotopic (exact) mass is 590 g/mol. The maximum atomic E-state index is 12.8. The number of piperazine rings is 1. The lowest BCUT2D eigenvalue weighted by Crippen LogP contribution is -2.52. The van der Waals surface area contributed by atoms with E-state index in [1.54, 1.807) is 0 Å². The quantitative estimate of drug-likeness (QED) is 0.256. The van der Waals surface area contributed by atoms with Crippen molar-refractivity contribution in [2.75, 3.05) is 77.3 Å². The van der Waals surface area contributed by atoms with E-state index in [1.165, 1.54) is 0 Å². The van der Waals surface area contributed by atoms with E-state index >= 15 is 0 Å². The molecule has 0 spiro atoms. The van der Waals surface area contributed by atoms with Crippen LogP contribution in [0.25, 0.3) is 11.1 Å². The van der Waals surface area contributed by atoms with Gasteiger partial charge in [0.2, 0.25) is 6.41 Å². The zero-order chi connectivity index (χ0) is 29.9. The Hall–Kier alpha value is -3.31. The molecule has 0 aliphatic carbocycles. The number of rotatable bonds is 12. The number of piperidine rings is 2. The van der Waals surface area contributed by atoms with Gasteiger partial charge in [0.25, 0.3) is 0 Å². The van der Waals surface area contributed by atoms with Crippen molar-refractivity contribution in [1.82, 2.24) is 25.3 Å². The summed E-state index contributed by atoms with van der Waals surface area (Å²) in [5.74, 6) is 0.799. The molecule has 0 aromatic heterocycles. The Balaban J connectivity index is 0.925. The molecule has 10 heteroatoms. The summed E-state index contributed by atoms with van der Waals surface area (Å²) in [5.41, 5.74) is 2.75. The number of ketones is 1. The minimum Gasteiger partial charge on any atom is -0.446 e. The largest absolute Gasteiger partial charge is 0.446 e. The standard InChI is InChI=1S/C33H46N6O4/c40-25-39-20-18-38(19-21-39)24-26-10-11-31(35-22-26)32(41)23-34-14-17-37-15-12-28(13-16-37)43-33(42)36-30-9-5-4-8-29(30)27-6-2-1-3-7-27/h1-9,25-26,28,31,34-35H,10-24H2,(H,36,42). The van der Waals surface area contributed by atoms with E-state index in [9.17, 15) is 14.4 Å². The molecule has 2 atom stereocenters. The first-order valence-corrected chi connectivity index (χ1v) is 15.8. The highest BCUT2D eigenvalue weighted by atomic mass is 16.6. The van der Waals surface area contributed by atoms with Crippen molar-refractivity contribution in [3.05, 3.63) is 54.6 Å². The molecule has 3 saturated heterocycles. The summed E-state index contributed by atoms with van der Waals surface area (Å²) in [4.78, 5) is 43.0. The van der Waals surface area contributed by atoms with Crippen molar-refractivity contribution < 1.29 is 19.1 Å². The first kappa shape index (κ1) is 31.1. The fourth-order valence-corrected chi connectivity index (χ4v) is 6.34. The molecular formula is C33H46N6O4. The van der Waals surface area contributed by atoms with Gasteiger partial charge >= 0.3 is 6.09 Å². The van der Waals surface area contributed by atoms with E-state index < -0.39 is 6.09 Å². The van der Waals surface area contributed by atoms with Gasteiger partial charge in [0.05, 0.1) is 18.3 Å². The van der Waals surface area contributed by atoms with Crippen molar-refractivity contribution in [3.63, 3.8) is 0 Å². The number of benzene rings is 2. The zero-order valence-corrected chi connectivity index (χ0v) is 25.1. The van der Waals surface area contributed by atoms with Gasteiger partial charge in [-0.1, -0.05) is 48.5 Å². The molecule has 2 amide bonds. The lowest BCUT2D eigenvalue weighted by molar-refractivity contribution is -0.121. The normalized spacial score (nSPS) is 22.2. The number of anilines is 1. The number of amides is 2. The minimum absolute atomic E-state index is 0.0608. The molecule has 10 nitrogen and oxygen atoms in total. The average molecular weight is 591 g/mol. The lowest BCUT2D eigenvalue weighted by atomic mass is 9.92. The number of likely N-dealkylation sites (tertiary alicyclic amines) is 1. The molecule has 0 radical (unpaired) electrons. The van der Waals surface area contributed by atoms with E-state index in [4.69, 9.17) is 4.74 Å². The highest BCUT2D eigenvalue weighted by molar-refractivity contribution is 5.91. The second kappa shape index (κ2) is 16.0. The summed E-state index contributed by atoms with van der Waals surface area (Å²) < 4.78 is 5.76. The van der Waals surface area contributed by atoms with E-state index in [-0.39, 0.29) is 17.9 Å². The molecule has 0 bridgehead atoms. The summed E-state index contributed by atoms with van der Waals surface area (Å²) in [7, 11) is 0. The Morgan fingerprint density at radius 3 is 2.35 bits per heavy atom. The first-order chi connectivity index (χ1) is 21.1. The van der Waals surface area contributed by atoms with Gasteiger partial charge in [-0.2, -0.15) is 0 Å². The maximum absolute atomic E-state index is 12.8. The van der Waals surface area contributed by atoms with Gasteiger partial charge in [0.1, 0.15) is 6.10 Å². The zero-order valence-electron chi connectivity index (χ0n) is 25.1. The summed E-state index contributed by atoms with van der Waals surface area (Å²) in [5, 5.41) is 9.75. The van der Waals surface area contributed by atoms with Crippen molar-refractivity contribution in [1.29, 1.82) is 0 Å². The van der Waals surface area contributed by atoms with Gasteiger partial charge in [0.15, 0.2) is 5.78 Å². The van der Waals surface area contributed by atoms with Crippen LogP contribution in [0.3, 0.4) is 0 Å². The Labute approximate surface area is 255 Å². The van der Waals surface area contributed by atoms with Crippen LogP contribution >= 0.6 is 0 Å². The molecular weight excluding hydrogens is 544 g/mol. The van der Waals surface area contributed by atoms with Crippen LogP contribution in [0.1, 0.15) is 25.7 Å².